The van der Waals surface area contributed by atoms with E-state index in [0.717, 1.165) is 23.3 Å². The van der Waals surface area contributed by atoms with Crippen molar-refractivity contribution < 1.29 is 0 Å². The van der Waals surface area contributed by atoms with Crippen LogP contribution in [0.15, 0.2) is 42.0 Å². The van der Waals surface area contributed by atoms with Gasteiger partial charge in [0.05, 0.1) is 0 Å². The first kappa shape index (κ1) is 19.4. The van der Waals surface area contributed by atoms with Gasteiger partial charge in [-0.2, -0.15) is 0 Å². The van der Waals surface area contributed by atoms with Gasteiger partial charge in [-0.05, 0) is 37.3 Å². The van der Waals surface area contributed by atoms with Gasteiger partial charge in [0.25, 0.3) is 0 Å². The van der Waals surface area contributed by atoms with Crippen molar-refractivity contribution >= 4 is 5.96 Å². The van der Waals surface area contributed by atoms with Crippen LogP contribution >= 0.6 is 0 Å². The van der Waals surface area contributed by atoms with Crippen LogP contribution in [-0.4, -0.2) is 33.6 Å². The van der Waals surface area contributed by atoms with E-state index >= 15 is 0 Å². The number of nitrogens with zero attached hydrogens (tertiary/aromatic N) is 4. The molecule has 0 saturated heterocycles. The predicted octanol–water partition coefficient (Wildman–Crippen LogP) is 3.68. The van der Waals surface area contributed by atoms with Gasteiger partial charge in [0.2, 0.25) is 0 Å². The summed E-state index contributed by atoms with van der Waals surface area (Å²) in [4.78, 5) is 12.9. The molecule has 0 radical (unpaired) electrons. The van der Waals surface area contributed by atoms with Crippen LogP contribution < -0.4 is 10.6 Å². The molecule has 1 atom stereocenters. The normalized spacial score (nSPS) is 16.9. The fraction of sp³-hybridized carbons (Fsp3) is 0.571. The molecule has 1 aliphatic carbocycles. The number of rotatable bonds is 7. The second kappa shape index (κ2) is 10.1. The van der Waals surface area contributed by atoms with Crippen molar-refractivity contribution in [1.82, 2.24) is 25.2 Å². The van der Waals surface area contributed by atoms with Crippen LogP contribution in [0.25, 0.3) is 5.82 Å². The van der Waals surface area contributed by atoms with Gasteiger partial charge in [-0.25, -0.2) is 9.97 Å². The summed E-state index contributed by atoms with van der Waals surface area (Å²) in [6.07, 6.45) is 16.9. The van der Waals surface area contributed by atoms with Crippen LogP contribution in [-0.2, 0) is 6.54 Å². The first-order chi connectivity index (χ1) is 13.2. The van der Waals surface area contributed by atoms with Crippen molar-refractivity contribution in [3.63, 3.8) is 0 Å². The zero-order chi connectivity index (χ0) is 18.9. The molecule has 0 amide bonds. The largest absolute Gasteiger partial charge is 0.354 e. The Labute approximate surface area is 162 Å². The number of guanidine groups is 1. The lowest BCUT2D eigenvalue weighted by Gasteiger charge is -2.24. The van der Waals surface area contributed by atoms with Gasteiger partial charge in [0, 0.05) is 38.2 Å². The Morgan fingerprint density at radius 2 is 2.15 bits per heavy atom. The molecule has 6 heteroatoms. The molecular formula is C21H32N6. The van der Waals surface area contributed by atoms with E-state index in [2.05, 4.69) is 38.6 Å². The predicted molar refractivity (Wildman–Crippen MR) is 110 cm³/mol. The molecular weight excluding hydrogens is 336 g/mol. The van der Waals surface area contributed by atoms with Gasteiger partial charge >= 0.3 is 0 Å². The number of aliphatic imine (C=N–C) groups is 1. The van der Waals surface area contributed by atoms with Gasteiger partial charge in [0.15, 0.2) is 5.96 Å². The summed E-state index contributed by atoms with van der Waals surface area (Å²) in [6, 6.07) is 4.51. The lowest BCUT2D eigenvalue weighted by atomic mass is 9.85. The molecule has 0 aliphatic heterocycles. The summed E-state index contributed by atoms with van der Waals surface area (Å²) >= 11 is 0. The second-order valence-electron chi connectivity index (χ2n) is 7.55. The van der Waals surface area contributed by atoms with Crippen LogP contribution in [0.4, 0.5) is 0 Å². The third kappa shape index (κ3) is 6.08. The topological polar surface area (TPSA) is 67.1 Å². The summed E-state index contributed by atoms with van der Waals surface area (Å²) in [5.41, 5.74) is 1.12. The average molecular weight is 369 g/mol. The van der Waals surface area contributed by atoms with Gasteiger partial charge in [0.1, 0.15) is 12.1 Å². The van der Waals surface area contributed by atoms with E-state index < -0.39 is 0 Å². The smallest absolute Gasteiger partial charge is 0.191 e. The first-order valence-corrected chi connectivity index (χ1v) is 10.1. The van der Waals surface area contributed by atoms with E-state index in [1.807, 2.05) is 30.1 Å². The van der Waals surface area contributed by atoms with E-state index in [9.17, 15) is 0 Å². The van der Waals surface area contributed by atoms with Gasteiger partial charge < -0.3 is 10.6 Å². The lowest BCUT2D eigenvalue weighted by molar-refractivity contribution is 0.322. The highest BCUT2D eigenvalue weighted by molar-refractivity contribution is 5.79. The Bertz CT molecular complexity index is 686. The third-order valence-corrected chi connectivity index (χ3v) is 5.38. The maximum absolute atomic E-state index is 4.49. The molecule has 1 unspecified atom stereocenters. The third-order valence-electron chi connectivity index (χ3n) is 5.38. The van der Waals surface area contributed by atoms with Gasteiger partial charge in [-0.1, -0.05) is 38.2 Å². The molecule has 0 spiro atoms. The maximum Gasteiger partial charge on any atom is 0.191 e. The van der Waals surface area contributed by atoms with E-state index in [4.69, 9.17) is 0 Å². The standard InChI is InChI=1S/C21H32N6/c1-17(8-9-18-6-4-3-5-7-18)26-21(22-2)25-15-19-10-11-20(24-14-19)27-13-12-23-16-27/h10-14,16-18H,3-9,15H2,1-2H3,(H2,22,25,26). The van der Waals surface area contributed by atoms with Gasteiger partial charge in [-0.3, -0.25) is 9.56 Å². The molecule has 27 heavy (non-hydrogen) atoms. The molecule has 2 N–H and O–H groups in total. The Kier molecular flexibility index (Phi) is 7.25. The molecule has 2 aromatic rings. The molecule has 2 heterocycles. The highest BCUT2D eigenvalue weighted by Crippen LogP contribution is 2.27. The zero-order valence-electron chi connectivity index (χ0n) is 16.6. The molecule has 1 aliphatic rings. The monoisotopic (exact) mass is 368 g/mol. The van der Waals surface area contributed by atoms with Crippen molar-refractivity contribution in [2.45, 2.75) is 64.5 Å². The Morgan fingerprint density at radius 3 is 2.81 bits per heavy atom. The molecule has 6 nitrogen and oxygen atoms in total. The van der Waals surface area contributed by atoms with Crippen LogP contribution in [0.3, 0.4) is 0 Å². The summed E-state index contributed by atoms with van der Waals surface area (Å²) in [6.45, 7) is 2.95. The molecule has 1 fully saturated rings. The van der Waals surface area contributed by atoms with Crippen LogP contribution in [0, 0.1) is 5.92 Å². The SMILES string of the molecule is CN=C(NCc1ccc(-n2ccnc2)nc1)NC(C)CCC1CCCCC1. The van der Waals surface area contributed by atoms with Crippen LogP contribution in [0.5, 0.6) is 0 Å². The van der Waals surface area contributed by atoms with E-state index in [0.29, 0.717) is 12.6 Å². The highest BCUT2D eigenvalue weighted by Gasteiger charge is 2.15. The average Bonchev–Trinajstić information content (AvgIpc) is 3.25. The first-order valence-electron chi connectivity index (χ1n) is 10.1. The van der Waals surface area contributed by atoms with Crippen LogP contribution in [0.1, 0.15) is 57.4 Å². The fourth-order valence-electron chi connectivity index (χ4n) is 3.72. The summed E-state index contributed by atoms with van der Waals surface area (Å²) in [5, 5.41) is 6.90. The van der Waals surface area contributed by atoms with Crippen LogP contribution in [0.2, 0.25) is 0 Å². The van der Waals surface area contributed by atoms with E-state index in [1.54, 1.807) is 12.5 Å². The van der Waals surface area contributed by atoms with Crippen molar-refractivity contribution in [3.8, 4) is 5.82 Å². The minimum Gasteiger partial charge on any atom is -0.354 e. The van der Waals surface area contributed by atoms with Crippen molar-refractivity contribution in [2.75, 3.05) is 7.05 Å². The minimum atomic E-state index is 0.430. The molecule has 1 saturated carbocycles. The number of imidazole rings is 1. The molecule has 0 bridgehead atoms. The van der Waals surface area contributed by atoms with E-state index in [-0.39, 0.29) is 0 Å². The molecule has 146 valence electrons. The molecule has 3 rings (SSSR count). The Hall–Kier alpha value is -2.37. The highest BCUT2D eigenvalue weighted by atomic mass is 15.2. The number of hydrogen-bond donors (Lipinski definition) is 2. The summed E-state index contributed by atoms with van der Waals surface area (Å²) < 4.78 is 1.89. The number of pyridine rings is 1. The van der Waals surface area contributed by atoms with Crippen molar-refractivity contribution in [3.05, 3.63) is 42.6 Å². The van der Waals surface area contributed by atoms with Crippen molar-refractivity contribution in [2.24, 2.45) is 10.9 Å². The second-order valence-corrected chi connectivity index (χ2v) is 7.55. The number of hydrogen-bond acceptors (Lipinski definition) is 3. The quantitative estimate of drug-likeness (QED) is 0.578. The van der Waals surface area contributed by atoms with Crippen molar-refractivity contribution in [1.29, 1.82) is 0 Å². The molecule has 0 aromatic carbocycles. The lowest BCUT2D eigenvalue weighted by Crippen LogP contribution is -2.42. The summed E-state index contributed by atoms with van der Waals surface area (Å²) in [5.74, 6) is 2.65. The Morgan fingerprint density at radius 1 is 1.30 bits per heavy atom. The minimum absolute atomic E-state index is 0.430. The maximum atomic E-state index is 4.49. The van der Waals surface area contributed by atoms with E-state index in [1.165, 1.54) is 44.9 Å². The number of nitrogens with one attached hydrogen (secondary N) is 2. The fourth-order valence-corrected chi connectivity index (χ4v) is 3.72. The van der Waals surface area contributed by atoms with Gasteiger partial charge in [-0.15, -0.1) is 0 Å². The summed E-state index contributed by atoms with van der Waals surface area (Å²) in [7, 11) is 1.82. The Balaban J connectivity index is 1.41. The number of aromatic nitrogens is 3. The zero-order valence-corrected chi connectivity index (χ0v) is 16.6. The molecule has 2 aromatic heterocycles.